The molecule has 0 bridgehead atoms. The summed E-state index contributed by atoms with van der Waals surface area (Å²) in [6.45, 7) is 0.142. The number of hydrogen-bond acceptors (Lipinski definition) is 6. The number of rotatable bonds is 4. The molecule has 1 aliphatic rings. The summed E-state index contributed by atoms with van der Waals surface area (Å²) >= 11 is 5.79. The molecule has 7 nitrogen and oxygen atoms in total. The monoisotopic (exact) mass is 288 g/mol. The third-order valence-corrected chi connectivity index (χ3v) is 3.04. The van der Waals surface area contributed by atoms with Gasteiger partial charge >= 0.3 is 0 Å². The van der Waals surface area contributed by atoms with Gasteiger partial charge in [-0.3, -0.25) is 9.48 Å². The van der Waals surface area contributed by atoms with Gasteiger partial charge in [-0.25, -0.2) is 0 Å². The van der Waals surface area contributed by atoms with E-state index in [1.165, 1.54) is 4.68 Å². The van der Waals surface area contributed by atoms with Gasteiger partial charge in [-0.2, -0.15) is 5.10 Å². The average Bonchev–Trinajstić information content (AvgIpc) is 3.09. The number of benzene rings is 1. The largest absolute Gasteiger partial charge is 0.292 e. The van der Waals surface area contributed by atoms with Crippen LogP contribution < -0.4 is 0 Å². The summed E-state index contributed by atoms with van der Waals surface area (Å²) in [5, 5.41) is 19.2. The zero-order valence-electron chi connectivity index (χ0n) is 10.2. The molecule has 0 spiro atoms. The number of nitrogens with zero attached hydrogens (tertiary/aromatic N) is 6. The van der Waals surface area contributed by atoms with Crippen LogP contribution in [0.25, 0.3) is 0 Å². The second-order valence-electron chi connectivity index (χ2n) is 4.18. The highest BCUT2D eigenvalue weighted by Crippen LogP contribution is 2.23. The van der Waals surface area contributed by atoms with Crippen molar-refractivity contribution in [2.45, 2.75) is 12.7 Å². The molecule has 1 aromatic carbocycles. The maximum atomic E-state index is 12.1. The van der Waals surface area contributed by atoms with Gasteiger partial charge in [0.2, 0.25) is 6.17 Å². The Kier molecular flexibility index (Phi) is 3.34. The molecule has 20 heavy (non-hydrogen) atoms. The van der Waals surface area contributed by atoms with Crippen molar-refractivity contribution in [3.05, 3.63) is 52.8 Å². The SMILES string of the molecule is O=C(Cn1cc(C2N=NN=N2)cn1)c1ccc(Cl)cc1. The fourth-order valence-corrected chi connectivity index (χ4v) is 1.90. The first kappa shape index (κ1) is 12.6. The van der Waals surface area contributed by atoms with Gasteiger partial charge in [-0.15, -0.1) is 10.2 Å². The van der Waals surface area contributed by atoms with Crippen molar-refractivity contribution in [3.8, 4) is 0 Å². The van der Waals surface area contributed by atoms with Crippen molar-refractivity contribution >= 4 is 17.4 Å². The Morgan fingerprint density at radius 3 is 2.60 bits per heavy atom. The van der Waals surface area contributed by atoms with Crippen LogP contribution in [-0.2, 0) is 6.54 Å². The lowest BCUT2D eigenvalue weighted by Crippen LogP contribution is -2.10. The lowest BCUT2D eigenvalue weighted by atomic mass is 10.1. The number of aromatic nitrogens is 2. The fraction of sp³-hybridized carbons (Fsp3) is 0.167. The van der Waals surface area contributed by atoms with Crippen LogP contribution in [0.2, 0.25) is 5.02 Å². The molecular formula is C12H9ClN6O. The number of ketones is 1. The highest BCUT2D eigenvalue weighted by Gasteiger charge is 2.16. The quantitative estimate of drug-likeness (QED) is 0.809. The first-order valence-corrected chi connectivity index (χ1v) is 6.21. The van der Waals surface area contributed by atoms with Gasteiger partial charge in [0.05, 0.1) is 6.20 Å². The predicted octanol–water partition coefficient (Wildman–Crippen LogP) is 3.25. The van der Waals surface area contributed by atoms with Gasteiger partial charge in [-0.05, 0) is 34.7 Å². The van der Waals surface area contributed by atoms with Gasteiger partial charge in [-0.1, -0.05) is 11.6 Å². The molecule has 0 radical (unpaired) electrons. The molecule has 2 aromatic rings. The molecule has 3 rings (SSSR count). The Morgan fingerprint density at radius 1 is 1.20 bits per heavy atom. The molecule has 0 fully saturated rings. The third kappa shape index (κ3) is 2.62. The van der Waals surface area contributed by atoms with E-state index in [1.54, 1.807) is 36.7 Å². The van der Waals surface area contributed by atoms with E-state index in [9.17, 15) is 4.79 Å². The van der Waals surface area contributed by atoms with Crippen molar-refractivity contribution in [1.82, 2.24) is 9.78 Å². The van der Waals surface area contributed by atoms with Gasteiger partial charge in [0.15, 0.2) is 5.78 Å². The number of Topliss-reactive ketones (excluding diaryl/α,β-unsaturated/α-hetero) is 1. The summed E-state index contributed by atoms with van der Waals surface area (Å²) < 4.78 is 1.54. The molecule has 1 aromatic heterocycles. The second kappa shape index (κ2) is 5.30. The summed E-state index contributed by atoms with van der Waals surface area (Å²) in [5.74, 6) is -0.0500. The number of carbonyl (C=O) groups excluding carboxylic acids is 1. The predicted molar refractivity (Wildman–Crippen MR) is 70.5 cm³/mol. The Hall–Kier alpha value is -2.41. The van der Waals surface area contributed by atoms with E-state index in [0.29, 0.717) is 10.6 Å². The fourth-order valence-electron chi connectivity index (χ4n) is 1.77. The normalized spacial score (nSPS) is 14.1. The minimum atomic E-state index is -0.450. The summed E-state index contributed by atoms with van der Waals surface area (Å²) in [6, 6.07) is 6.74. The van der Waals surface area contributed by atoms with Gasteiger partial charge in [0.25, 0.3) is 0 Å². The maximum absolute atomic E-state index is 12.1. The minimum absolute atomic E-state index is 0.0500. The van der Waals surface area contributed by atoms with Crippen molar-refractivity contribution in [2.75, 3.05) is 0 Å². The Bertz CT molecular complexity index is 678. The van der Waals surface area contributed by atoms with Crippen LogP contribution >= 0.6 is 11.6 Å². The van der Waals surface area contributed by atoms with E-state index in [0.717, 1.165) is 5.56 Å². The number of carbonyl (C=O) groups is 1. The second-order valence-corrected chi connectivity index (χ2v) is 4.62. The molecule has 0 atom stereocenters. The van der Waals surface area contributed by atoms with Crippen molar-refractivity contribution in [1.29, 1.82) is 0 Å². The molecule has 2 heterocycles. The Morgan fingerprint density at radius 2 is 1.90 bits per heavy atom. The molecule has 0 unspecified atom stereocenters. The summed E-state index contributed by atoms with van der Waals surface area (Å²) in [6.07, 6.45) is 2.86. The van der Waals surface area contributed by atoms with E-state index >= 15 is 0 Å². The first-order valence-electron chi connectivity index (χ1n) is 5.83. The van der Waals surface area contributed by atoms with E-state index in [1.807, 2.05) is 0 Å². The maximum Gasteiger partial charge on any atom is 0.213 e. The molecular weight excluding hydrogens is 280 g/mol. The molecule has 0 amide bonds. The van der Waals surface area contributed by atoms with Crippen LogP contribution in [-0.4, -0.2) is 15.6 Å². The number of hydrogen-bond donors (Lipinski definition) is 0. The van der Waals surface area contributed by atoms with E-state index in [2.05, 4.69) is 25.8 Å². The van der Waals surface area contributed by atoms with Crippen LogP contribution in [0, 0.1) is 0 Å². The Balaban J connectivity index is 1.71. The molecule has 1 aliphatic heterocycles. The van der Waals surface area contributed by atoms with Crippen molar-refractivity contribution in [2.24, 2.45) is 20.7 Å². The summed E-state index contributed by atoms with van der Waals surface area (Å²) in [7, 11) is 0. The van der Waals surface area contributed by atoms with Crippen LogP contribution in [0.1, 0.15) is 22.1 Å². The lowest BCUT2D eigenvalue weighted by Gasteiger charge is -2.01. The molecule has 0 N–H and O–H groups in total. The lowest BCUT2D eigenvalue weighted by molar-refractivity contribution is 0.0967. The van der Waals surface area contributed by atoms with Crippen LogP contribution in [0.4, 0.5) is 0 Å². The van der Waals surface area contributed by atoms with Crippen LogP contribution in [0.5, 0.6) is 0 Å². The number of halogens is 1. The zero-order valence-corrected chi connectivity index (χ0v) is 11.0. The molecule has 0 saturated heterocycles. The molecule has 100 valence electrons. The first-order chi connectivity index (χ1) is 9.72. The van der Waals surface area contributed by atoms with Crippen molar-refractivity contribution in [3.63, 3.8) is 0 Å². The topological polar surface area (TPSA) is 84.3 Å². The average molecular weight is 289 g/mol. The van der Waals surface area contributed by atoms with Crippen molar-refractivity contribution < 1.29 is 4.79 Å². The van der Waals surface area contributed by atoms with Crippen LogP contribution in [0.15, 0.2) is 57.3 Å². The smallest absolute Gasteiger partial charge is 0.213 e. The van der Waals surface area contributed by atoms with Gasteiger partial charge in [0, 0.05) is 22.3 Å². The summed E-state index contributed by atoms with van der Waals surface area (Å²) in [5.41, 5.74) is 1.34. The van der Waals surface area contributed by atoms with Gasteiger partial charge in [0.1, 0.15) is 6.54 Å². The Labute approximate surface area is 119 Å². The minimum Gasteiger partial charge on any atom is -0.292 e. The molecule has 0 saturated carbocycles. The highest BCUT2D eigenvalue weighted by atomic mass is 35.5. The zero-order chi connectivity index (χ0) is 13.9. The molecule has 8 heteroatoms. The molecule has 0 aliphatic carbocycles. The third-order valence-electron chi connectivity index (χ3n) is 2.79. The van der Waals surface area contributed by atoms with E-state index in [4.69, 9.17) is 11.6 Å². The van der Waals surface area contributed by atoms with Crippen LogP contribution in [0.3, 0.4) is 0 Å². The standard InChI is InChI=1S/C12H9ClN6O/c13-10-3-1-8(2-4-10)11(20)7-19-6-9(5-14-19)12-15-17-18-16-12/h1-6,12H,7H2. The van der Waals surface area contributed by atoms with E-state index in [-0.39, 0.29) is 12.3 Å². The highest BCUT2D eigenvalue weighted by molar-refractivity contribution is 6.30. The van der Waals surface area contributed by atoms with E-state index < -0.39 is 6.17 Å². The van der Waals surface area contributed by atoms with Gasteiger partial charge < -0.3 is 0 Å². The summed E-state index contributed by atoms with van der Waals surface area (Å²) in [4.78, 5) is 12.1.